The predicted octanol–water partition coefficient (Wildman–Crippen LogP) is 4.35. The van der Waals surface area contributed by atoms with Crippen molar-refractivity contribution < 1.29 is 14.3 Å². The molecule has 1 aliphatic rings. The van der Waals surface area contributed by atoms with E-state index >= 15 is 0 Å². The monoisotopic (exact) mass is 381 g/mol. The quantitative estimate of drug-likeness (QED) is 0.520. The van der Waals surface area contributed by atoms with Crippen LogP contribution in [0.5, 0.6) is 0 Å². The van der Waals surface area contributed by atoms with Crippen LogP contribution in [-0.2, 0) is 9.53 Å². The second-order valence-electron chi connectivity index (χ2n) is 6.94. The molecule has 0 spiro atoms. The van der Waals surface area contributed by atoms with E-state index in [9.17, 15) is 9.59 Å². The fraction of sp³-hybridized carbons (Fsp3) is 0.556. The zero-order valence-electron chi connectivity index (χ0n) is 14.0. The Balaban J connectivity index is 1.98. The summed E-state index contributed by atoms with van der Waals surface area (Å²) in [7, 11) is 0. The highest BCUT2D eigenvalue weighted by Gasteiger charge is 2.30. The van der Waals surface area contributed by atoms with E-state index in [0.717, 1.165) is 42.3 Å². The maximum Gasteiger partial charge on any atom is 0.306 e. The lowest BCUT2D eigenvalue weighted by molar-refractivity contribution is -0.154. The molecule has 0 radical (unpaired) electrons. The summed E-state index contributed by atoms with van der Waals surface area (Å²) in [5, 5.41) is 0. The van der Waals surface area contributed by atoms with Crippen molar-refractivity contribution in [1.82, 2.24) is 0 Å². The highest BCUT2D eigenvalue weighted by molar-refractivity contribution is 9.10. The van der Waals surface area contributed by atoms with Gasteiger partial charge < -0.3 is 9.64 Å². The number of halogens is 1. The highest BCUT2D eigenvalue weighted by atomic mass is 79.9. The summed E-state index contributed by atoms with van der Waals surface area (Å²) in [6, 6.07) is 6.24. The van der Waals surface area contributed by atoms with Crippen LogP contribution in [0.2, 0.25) is 0 Å². The molecule has 126 valence electrons. The molecule has 0 aliphatic heterocycles. The van der Waals surface area contributed by atoms with Crippen molar-refractivity contribution in [3.63, 3.8) is 0 Å². The standard InChI is InChI=1S/C18H24BrNO3/c1-18(2,3)23-17(22)5-4-10-20(15-7-8-15)16-9-6-14(19)11-13(16)12-21/h6,9,11-12,15H,4-5,7-8,10H2,1-3H3. The number of aldehydes is 1. The van der Waals surface area contributed by atoms with Crippen LogP contribution < -0.4 is 4.90 Å². The molecule has 1 aromatic carbocycles. The molecular formula is C18H24BrNO3. The number of benzene rings is 1. The maximum atomic E-state index is 11.8. The maximum absolute atomic E-state index is 11.8. The van der Waals surface area contributed by atoms with E-state index in [4.69, 9.17) is 4.74 Å². The van der Waals surface area contributed by atoms with Crippen LogP contribution in [-0.4, -0.2) is 30.4 Å². The van der Waals surface area contributed by atoms with Crippen LogP contribution in [0.25, 0.3) is 0 Å². The third-order valence-electron chi connectivity index (χ3n) is 3.61. The topological polar surface area (TPSA) is 46.6 Å². The van der Waals surface area contributed by atoms with Gasteiger partial charge in [0.1, 0.15) is 5.60 Å². The normalized spacial score (nSPS) is 14.4. The van der Waals surface area contributed by atoms with Gasteiger partial charge in [-0.3, -0.25) is 9.59 Å². The van der Waals surface area contributed by atoms with E-state index in [-0.39, 0.29) is 5.97 Å². The van der Waals surface area contributed by atoms with Gasteiger partial charge in [-0.2, -0.15) is 0 Å². The number of ether oxygens (including phenoxy) is 1. The van der Waals surface area contributed by atoms with Gasteiger partial charge >= 0.3 is 5.97 Å². The van der Waals surface area contributed by atoms with Gasteiger partial charge in [-0.15, -0.1) is 0 Å². The van der Waals surface area contributed by atoms with E-state index in [1.807, 2.05) is 39.0 Å². The van der Waals surface area contributed by atoms with Crippen LogP contribution >= 0.6 is 15.9 Å². The molecule has 5 heteroatoms. The van der Waals surface area contributed by atoms with Crippen molar-refractivity contribution in [3.05, 3.63) is 28.2 Å². The summed E-state index contributed by atoms with van der Waals surface area (Å²) >= 11 is 3.40. The van der Waals surface area contributed by atoms with Crippen molar-refractivity contribution >= 4 is 33.9 Å². The number of esters is 1. The fourth-order valence-electron chi connectivity index (χ4n) is 2.55. The molecule has 2 rings (SSSR count). The molecule has 0 aromatic heterocycles. The molecule has 1 fully saturated rings. The smallest absolute Gasteiger partial charge is 0.306 e. The minimum atomic E-state index is -0.441. The minimum absolute atomic E-state index is 0.167. The van der Waals surface area contributed by atoms with Crippen LogP contribution in [0.15, 0.2) is 22.7 Å². The Morgan fingerprint density at radius 1 is 1.39 bits per heavy atom. The van der Waals surface area contributed by atoms with Crippen LogP contribution in [0.1, 0.15) is 56.8 Å². The SMILES string of the molecule is CC(C)(C)OC(=O)CCCN(c1ccc(Br)cc1C=O)C1CC1. The van der Waals surface area contributed by atoms with Crippen molar-refractivity contribution in [2.45, 2.75) is 58.1 Å². The number of anilines is 1. The fourth-order valence-corrected chi connectivity index (χ4v) is 2.93. The number of rotatable bonds is 7. The van der Waals surface area contributed by atoms with Gasteiger partial charge in [0.15, 0.2) is 6.29 Å². The summed E-state index contributed by atoms with van der Waals surface area (Å²) < 4.78 is 6.24. The number of carbonyl (C=O) groups excluding carboxylic acids is 2. The molecule has 1 saturated carbocycles. The Morgan fingerprint density at radius 2 is 2.09 bits per heavy atom. The first-order chi connectivity index (χ1) is 10.8. The van der Waals surface area contributed by atoms with Gasteiger partial charge in [-0.1, -0.05) is 15.9 Å². The van der Waals surface area contributed by atoms with E-state index in [1.165, 1.54) is 0 Å². The molecule has 0 N–H and O–H groups in total. The van der Waals surface area contributed by atoms with Crippen LogP contribution in [0, 0.1) is 0 Å². The third kappa shape index (κ3) is 5.65. The lowest BCUT2D eigenvalue weighted by atomic mass is 10.1. The largest absolute Gasteiger partial charge is 0.460 e. The Labute approximate surface area is 146 Å². The van der Waals surface area contributed by atoms with Crippen molar-refractivity contribution in [2.24, 2.45) is 0 Å². The molecule has 0 bridgehead atoms. The summed E-state index contributed by atoms with van der Waals surface area (Å²) in [6.45, 7) is 6.38. The van der Waals surface area contributed by atoms with E-state index in [0.29, 0.717) is 18.0 Å². The first-order valence-corrected chi connectivity index (χ1v) is 8.82. The van der Waals surface area contributed by atoms with Gasteiger partial charge in [-0.25, -0.2) is 0 Å². The summed E-state index contributed by atoms with van der Waals surface area (Å²) in [5.74, 6) is -0.167. The average Bonchev–Trinajstić information content (AvgIpc) is 3.26. The van der Waals surface area contributed by atoms with E-state index < -0.39 is 5.60 Å². The number of carbonyl (C=O) groups is 2. The summed E-state index contributed by atoms with van der Waals surface area (Å²) in [4.78, 5) is 25.4. The second kappa shape index (κ2) is 7.47. The third-order valence-corrected chi connectivity index (χ3v) is 4.11. The summed E-state index contributed by atoms with van der Waals surface area (Å²) in [5.41, 5.74) is 1.20. The lowest BCUT2D eigenvalue weighted by Crippen LogP contribution is -2.29. The Kier molecular flexibility index (Phi) is 5.84. The molecule has 0 saturated heterocycles. The van der Waals surface area contributed by atoms with Crippen molar-refractivity contribution in [1.29, 1.82) is 0 Å². The Bertz CT molecular complexity index is 576. The number of nitrogens with zero attached hydrogens (tertiary/aromatic N) is 1. The molecule has 0 amide bonds. The Hall–Kier alpha value is -1.36. The lowest BCUT2D eigenvalue weighted by Gasteiger charge is -2.26. The average molecular weight is 382 g/mol. The van der Waals surface area contributed by atoms with Crippen molar-refractivity contribution in [2.75, 3.05) is 11.4 Å². The predicted molar refractivity (Wildman–Crippen MR) is 95.0 cm³/mol. The van der Waals surface area contributed by atoms with Gasteiger partial charge in [-0.05, 0) is 58.2 Å². The zero-order valence-corrected chi connectivity index (χ0v) is 15.6. The van der Waals surface area contributed by atoms with Crippen LogP contribution in [0.4, 0.5) is 5.69 Å². The van der Waals surface area contributed by atoms with Gasteiger partial charge in [0.05, 0.1) is 0 Å². The number of hydrogen-bond acceptors (Lipinski definition) is 4. The highest BCUT2D eigenvalue weighted by Crippen LogP contribution is 2.34. The molecule has 23 heavy (non-hydrogen) atoms. The van der Waals surface area contributed by atoms with Crippen LogP contribution in [0.3, 0.4) is 0 Å². The molecule has 1 aliphatic carbocycles. The number of hydrogen-bond donors (Lipinski definition) is 0. The first kappa shape index (κ1) is 18.0. The second-order valence-corrected chi connectivity index (χ2v) is 7.85. The minimum Gasteiger partial charge on any atom is -0.460 e. The van der Waals surface area contributed by atoms with E-state index in [2.05, 4.69) is 20.8 Å². The van der Waals surface area contributed by atoms with Crippen molar-refractivity contribution in [3.8, 4) is 0 Å². The molecule has 0 atom stereocenters. The molecule has 0 unspecified atom stereocenters. The molecule has 4 nitrogen and oxygen atoms in total. The van der Waals surface area contributed by atoms with Gasteiger partial charge in [0, 0.05) is 34.7 Å². The van der Waals surface area contributed by atoms with Gasteiger partial charge in [0.25, 0.3) is 0 Å². The first-order valence-electron chi connectivity index (χ1n) is 8.03. The Morgan fingerprint density at radius 3 is 2.65 bits per heavy atom. The molecule has 0 heterocycles. The molecule has 1 aromatic rings. The zero-order chi connectivity index (χ0) is 17.0. The molecular weight excluding hydrogens is 358 g/mol. The summed E-state index contributed by atoms with van der Waals surface area (Å²) in [6.07, 6.45) is 4.29. The van der Waals surface area contributed by atoms with E-state index in [1.54, 1.807) is 0 Å². The van der Waals surface area contributed by atoms with Gasteiger partial charge in [0.2, 0.25) is 0 Å².